The van der Waals surface area contributed by atoms with Gasteiger partial charge in [0, 0.05) is 12.6 Å². The molecule has 1 aliphatic rings. The summed E-state index contributed by atoms with van der Waals surface area (Å²) in [4.78, 5) is 0. The van der Waals surface area contributed by atoms with Crippen LogP contribution < -0.4 is 5.32 Å². The average Bonchev–Trinajstić information content (AvgIpc) is 2.46. The van der Waals surface area contributed by atoms with Gasteiger partial charge in [0.05, 0.1) is 6.10 Å². The number of nitrogens with one attached hydrogen (secondary N) is 1. The molecule has 1 aliphatic heterocycles. The summed E-state index contributed by atoms with van der Waals surface area (Å²) in [7, 11) is 2.05. The number of hydrogen-bond acceptors (Lipinski definition) is 2. The Morgan fingerprint density at radius 3 is 2.37 bits per heavy atom. The molecule has 1 heterocycles. The number of benzene rings is 1. The van der Waals surface area contributed by atoms with Crippen LogP contribution in [0.1, 0.15) is 62.6 Å². The van der Waals surface area contributed by atoms with Crippen LogP contribution in [0.3, 0.4) is 0 Å². The van der Waals surface area contributed by atoms with E-state index in [0.29, 0.717) is 18.1 Å². The first-order valence-electron chi connectivity index (χ1n) is 7.59. The first kappa shape index (κ1) is 14.5. The molecule has 1 N–H and O–H groups in total. The third-order valence-electron chi connectivity index (χ3n) is 4.13. The highest BCUT2D eigenvalue weighted by Crippen LogP contribution is 2.26. The molecule has 2 rings (SSSR count). The summed E-state index contributed by atoms with van der Waals surface area (Å²) < 4.78 is 5.85. The molecule has 0 saturated carbocycles. The van der Waals surface area contributed by atoms with Crippen molar-refractivity contribution in [2.75, 3.05) is 13.7 Å². The highest BCUT2D eigenvalue weighted by Gasteiger charge is 2.19. The molecule has 106 valence electrons. The molecule has 0 amide bonds. The highest BCUT2D eigenvalue weighted by molar-refractivity contribution is 5.27. The van der Waals surface area contributed by atoms with Gasteiger partial charge >= 0.3 is 0 Å². The van der Waals surface area contributed by atoms with Crippen LogP contribution in [0.15, 0.2) is 24.3 Å². The van der Waals surface area contributed by atoms with E-state index in [-0.39, 0.29) is 0 Å². The van der Waals surface area contributed by atoms with E-state index in [0.717, 1.165) is 13.0 Å². The maximum atomic E-state index is 5.85. The van der Waals surface area contributed by atoms with Crippen molar-refractivity contribution in [1.29, 1.82) is 0 Å². The lowest BCUT2D eigenvalue weighted by Crippen LogP contribution is -2.26. The molecule has 1 aromatic rings. The number of hydrogen-bond donors (Lipinski definition) is 1. The van der Waals surface area contributed by atoms with Gasteiger partial charge in [-0.05, 0) is 49.8 Å². The van der Waals surface area contributed by atoms with Crippen LogP contribution in [0.4, 0.5) is 0 Å². The Bertz CT molecular complexity index is 365. The molecule has 2 heteroatoms. The lowest BCUT2D eigenvalue weighted by Gasteiger charge is -2.27. The Labute approximate surface area is 117 Å². The zero-order chi connectivity index (χ0) is 13.7. The van der Waals surface area contributed by atoms with Crippen LogP contribution in [0.2, 0.25) is 0 Å². The fourth-order valence-electron chi connectivity index (χ4n) is 2.79. The standard InChI is InChI=1S/C17H27NO/c1-13(2)14-7-9-15(10-8-14)17(18-3)12-16-6-4-5-11-19-16/h7-10,13,16-18H,4-6,11-12H2,1-3H3. The summed E-state index contributed by atoms with van der Waals surface area (Å²) in [5.41, 5.74) is 2.79. The van der Waals surface area contributed by atoms with Gasteiger partial charge in [-0.15, -0.1) is 0 Å². The Hall–Kier alpha value is -0.860. The third kappa shape index (κ3) is 4.05. The minimum Gasteiger partial charge on any atom is -0.378 e. The van der Waals surface area contributed by atoms with E-state index in [4.69, 9.17) is 4.74 Å². The number of rotatable bonds is 5. The molecule has 0 radical (unpaired) electrons. The van der Waals surface area contributed by atoms with Gasteiger partial charge in [0.1, 0.15) is 0 Å². The lowest BCUT2D eigenvalue weighted by molar-refractivity contribution is 0.00548. The van der Waals surface area contributed by atoms with E-state index in [1.54, 1.807) is 0 Å². The van der Waals surface area contributed by atoms with Crippen molar-refractivity contribution < 1.29 is 4.74 Å². The Morgan fingerprint density at radius 2 is 1.84 bits per heavy atom. The smallest absolute Gasteiger partial charge is 0.0593 e. The van der Waals surface area contributed by atoms with Crippen molar-refractivity contribution in [2.24, 2.45) is 0 Å². The van der Waals surface area contributed by atoms with Gasteiger partial charge in [-0.2, -0.15) is 0 Å². The van der Waals surface area contributed by atoms with Crippen LogP contribution in [0, 0.1) is 0 Å². The zero-order valence-electron chi connectivity index (χ0n) is 12.5. The molecule has 19 heavy (non-hydrogen) atoms. The molecule has 2 atom stereocenters. The van der Waals surface area contributed by atoms with Crippen LogP contribution in [-0.4, -0.2) is 19.8 Å². The van der Waals surface area contributed by atoms with E-state index >= 15 is 0 Å². The van der Waals surface area contributed by atoms with Crippen molar-refractivity contribution in [3.63, 3.8) is 0 Å². The summed E-state index contributed by atoms with van der Waals surface area (Å²) in [5.74, 6) is 0.601. The van der Waals surface area contributed by atoms with Crippen molar-refractivity contribution in [3.8, 4) is 0 Å². The van der Waals surface area contributed by atoms with Crippen LogP contribution in [-0.2, 0) is 4.74 Å². The summed E-state index contributed by atoms with van der Waals surface area (Å²) in [5, 5.41) is 3.43. The molecule has 0 aromatic heterocycles. The number of ether oxygens (including phenoxy) is 1. The van der Waals surface area contributed by atoms with Gasteiger partial charge in [-0.3, -0.25) is 0 Å². The van der Waals surface area contributed by atoms with Crippen LogP contribution >= 0.6 is 0 Å². The van der Waals surface area contributed by atoms with Crippen molar-refractivity contribution in [3.05, 3.63) is 35.4 Å². The second-order valence-electron chi connectivity index (χ2n) is 5.89. The quantitative estimate of drug-likeness (QED) is 0.864. The third-order valence-corrected chi connectivity index (χ3v) is 4.13. The topological polar surface area (TPSA) is 21.3 Å². The second kappa shape index (κ2) is 7.06. The van der Waals surface area contributed by atoms with Gasteiger partial charge in [-0.25, -0.2) is 0 Å². The maximum Gasteiger partial charge on any atom is 0.0593 e. The molecule has 1 aromatic carbocycles. The summed E-state index contributed by atoms with van der Waals surface area (Å²) >= 11 is 0. The van der Waals surface area contributed by atoms with Crippen molar-refractivity contribution in [1.82, 2.24) is 5.32 Å². The molecule has 0 bridgehead atoms. The summed E-state index contributed by atoms with van der Waals surface area (Å²) in [6, 6.07) is 9.45. The van der Waals surface area contributed by atoms with E-state index in [1.807, 2.05) is 7.05 Å². The normalized spacial score (nSPS) is 21.6. The summed E-state index contributed by atoms with van der Waals surface area (Å²) in [6.07, 6.45) is 5.26. The van der Waals surface area contributed by atoms with Gasteiger partial charge in [0.25, 0.3) is 0 Å². The Balaban J connectivity index is 1.99. The highest BCUT2D eigenvalue weighted by atomic mass is 16.5. The van der Waals surface area contributed by atoms with Gasteiger partial charge in [0.2, 0.25) is 0 Å². The van der Waals surface area contributed by atoms with E-state index in [2.05, 4.69) is 43.4 Å². The fourth-order valence-corrected chi connectivity index (χ4v) is 2.79. The lowest BCUT2D eigenvalue weighted by atomic mass is 9.94. The summed E-state index contributed by atoms with van der Waals surface area (Å²) in [6.45, 7) is 5.41. The van der Waals surface area contributed by atoms with Crippen molar-refractivity contribution in [2.45, 2.75) is 57.6 Å². The molecule has 1 fully saturated rings. The molecular formula is C17H27NO. The van der Waals surface area contributed by atoms with Gasteiger partial charge in [0.15, 0.2) is 0 Å². The molecule has 2 nitrogen and oxygen atoms in total. The minimum atomic E-state index is 0.407. The Morgan fingerprint density at radius 1 is 1.16 bits per heavy atom. The van der Waals surface area contributed by atoms with Crippen LogP contribution in [0.25, 0.3) is 0 Å². The van der Waals surface area contributed by atoms with E-state index in [1.165, 1.54) is 30.4 Å². The average molecular weight is 261 g/mol. The van der Waals surface area contributed by atoms with E-state index < -0.39 is 0 Å². The van der Waals surface area contributed by atoms with Crippen LogP contribution in [0.5, 0.6) is 0 Å². The first-order chi connectivity index (χ1) is 9.20. The molecule has 1 saturated heterocycles. The maximum absolute atomic E-state index is 5.85. The molecule has 0 aliphatic carbocycles. The monoisotopic (exact) mass is 261 g/mol. The Kier molecular flexibility index (Phi) is 5.41. The molecule has 2 unspecified atom stereocenters. The predicted octanol–water partition coefficient (Wildman–Crippen LogP) is 4.03. The molecular weight excluding hydrogens is 234 g/mol. The molecule has 0 spiro atoms. The largest absolute Gasteiger partial charge is 0.378 e. The second-order valence-corrected chi connectivity index (χ2v) is 5.89. The first-order valence-corrected chi connectivity index (χ1v) is 7.59. The SMILES string of the molecule is CNC(CC1CCCCO1)c1ccc(C(C)C)cc1. The van der Waals surface area contributed by atoms with E-state index in [9.17, 15) is 0 Å². The van der Waals surface area contributed by atoms with Crippen molar-refractivity contribution >= 4 is 0 Å². The van der Waals surface area contributed by atoms with Gasteiger partial charge < -0.3 is 10.1 Å². The fraction of sp³-hybridized carbons (Fsp3) is 0.647. The minimum absolute atomic E-state index is 0.407. The van der Waals surface area contributed by atoms with Gasteiger partial charge in [-0.1, -0.05) is 38.1 Å². The zero-order valence-corrected chi connectivity index (χ0v) is 12.5. The predicted molar refractivity (Wildman–Crippen MR) is 80.5 cm³/mol.